The predicted octanol–water partition coefficient (Wildman–Crippen LogP) is 1.85. The molecule has 0 spiro atoms. The zero-order chi connectivity index (χ0) is 15.5. The van der Waals surface area contributed by atoms with E-state index >= 15 is 0 Å². The van der Waals surface area contributed by atoms with Crippen LogP contribution in [-0.4, -0.2) is 40.6 Å². The van der Waals surface area contributed by atoms with E-state index in [1.165, 1.54) is 5.56 Å². The molecule has 116 valence electrons. The molecule has 1 saturated heterocycles. The van der Waals surface area contributed by atoms with Crippen molar-refractivity contribution in [3.63, 3.8) is 0 Å². The minimum Gasteiger partial charge on any atom is -0.379 e. The average molecular weight is 290 g/mol. The van der Waals surface area contributed by atoms with Crippen LogP contribution in [0.1, 0.15) is 37.8 Å². The highest BCUT2D eigenvalue weighted by molar-refractivity contribution is 5.86. The van der Waals surface area contributed by atoms with Crippen molar-refractivity contribution in [1.82, 2.24) is 10.2 Å². The van der Waals surface area contributed by atoms with Crippen LogP contribution in [0, 0.1) is 6.92 Å². The fourth-order valence-electron chi connectivity index (χ4n) is 2.78. The number of rotatable bonds is 5. The first-order chi connectivity index (χ1) is 9.90. The monoisotopic (exact) mass is 290 g/mol. The van der Waals surface area contributed by atoms with Crippen LogP contribution in [0.5, 0.6) is 0 Å². The van der Waals surface area contributed by atoms with Gasteiger partial charge in [-0.2, -0.15) is 0 Å². The molecular formula is C17H26N2O2. The third kappa shape index (κ3) is 4.05. The zero-order valence-corrected chi connectivity index (χ0v) is 13.2. The quantitative estimate of drug-likeness (QED) is 0.870. The number of hydrogen-bond acceptors (Lipinski definition) is 3. The molecule has 0 unspecified atom stereocenters. The van der Waals surface area contributed by atoms with Crippen LogP contribution in [-0.2, 0) is 11.3 Å². The molecule has 1 aromatic rings. The molecule has 21 heavy (non-hydrogen) atoms. The second kappa shape index (κ2) is 6.58. The van der Waals surface area contributed by atoms with E-state index in [9.17, 15) is 9.90 Å². The normalized spacial score (nSPS) is 22.9. The SMILES string of the molecule is Cc1cccc(CN2CCC[C@@](O)(CNC(C)C)C2=O)c1. The maximum absolute atomic E-state index is 12.6. The summed E-state index contributed by atoms with van der Waals surface area (Å²) in [6.07, 6.45) is 1.38. The van der Waals surface area contributed by atoms with E-state index in [0.717, 1.165) is 18.5 Å². The number of likely N-dealkylation sites (tertiary alicyclic amines) is 1. The Morgan fingerprint density at radius 1 is 1.43 bits per heavy atom. The Morgan fingerprint density at radius 2 is 2.19 bits per heavy atom. The molecule has 1 fully saturated rings. The molecular weight excluding hydrogens is 264 g/mol. The number of hydrogen-bond donors (Lipinski definition) is 2. The lowest BCUT2D eigenvalue weighted by Crippen LogP contribution is -2.58. The summed E-state index contributed by atoms with van der Waals surface area (Å²) in [5.74, 6) is -0.150. The molecule has 2 N–H and O–H groups in total. The summed E-state index contributed by atoms with van der Waals surface area (Å²) in [6, 6.07) is 8.43. The molecule has 4 heteroatoms. The van der Waals surface area contributed by atoms with Gasteiger partial charge in [0.15, 0.2) is 5.60 Å². The molecule has 0 aromatic heterocycles. The molecule has 1 aliphatic heterocycles. The first kappa shape index (κ1) is 16.0. The van der Waals surface area contributed by atoms with Crippen LogP contribution in [0.3, 0.4) is 0 Å². The molecule has 1 atom stereocenters. The fourth-order valence-corrected chi connectivity index (χ4v) is 2.78. The summed E-state index contributed by atoms with van der Waals surface area (Å²) >= 11 is 0. The van der Waals surface area contributed by atoms with Crippen LogP contribution in [0.25, 0.3) is 0 Å². The van der Waals surface area contributed by atoms with Gasteiger partial charge in [0.05, 0.1) is 0 Å². The van der Waals surface area contributed by atoms with Crippen LogP contribution in [0.2, 0.25) is 0 Å². The zero-order valence-electron chi connectivity index (χ0n) is 13.2. The Bertz CT molecular complexity index is 501. The number of aliphatic hydroxyl groups is 1. The Morgan fingerprint density at radius 3 is 2.86 bits per heavy atom. The van der Waals surface area contributed by atoms with Gasteiger partial charge in [-0.15, -0.1) is 0 Å². The van der Waals surface area contributed by atoms with E-state index in [1.54, 1.807) is 4.90 Å². The van der Waals surface area contributed by atoms with Gasteiger partial charge in [0.1, 0.15) is 0 Å². The van der Waals surface area contributed by atoms with Gasteiger partial charge in [-0.1, -0.05) is 43.7 Å². The fraction of sp³-hybridized carbons (Fsp3) is 0.588. The van der Waals surface area contributed by atoms with Crippen molar-refractivity contribution in [2.75, 3.05) is 13.1 Å². The Kier molecular flexibility index (Phi) is 5.01. The van der Waals surface area contributed by atoms with Crippen molar-refractivity contribution in [2.24, 2.45) is 0 Å². The highest BCUT2D eigenvalue weighted by Crippen LogP contribution is 2.24. The van der Waals surface area contributed by atoms with Crippen LogP contribution < -0.4 is 5.32 Å². The van der Waals surface area contributed by atoms with Gasteiger partial charge in [0.25, 0.3) is 5.91 Å². The molecule has 0 saturated carbocycles. The van der Waals surface area contributed by atoms with Crippen molar-refractivity contribution in [2.45, 2.75) is 51.8 Å². The van der Waals surface area contributed by atoms with Crippen LogP contribution in [0.15, 0.2) is 24.3 Å². The highest BCUT2D eigenvalue weighted by Gasteiger charge is 2.41. The lowest BCUT2D eigenvalue weighted by atomic mass is 9.91. The second-order valence-corrected chi connectivity index (χ2v) is 6.39. The number of amides is 1. The average Bonchev–Trinajstić information content (AvgIpc) is 2.42. The third-order valence-electron chi connectivity index (χ3n) is 3.96. The summed E-state index contributed by atoms with van der Waals surface area (Å²) in [7, 11) is 0. The summed E-state index contributed by atoms with van der Waals surface area (Å²) in [6.45, 7) is 7.70. The number of benzene rings is 1. The van der Waals surface area contributed by atoms with E-state index in [2.05, 4.69) is 11.4 Å². The number of aryl methyl sites for hydroxylation is 1. The largest absolute Gasteiger partial charge is 0.379 e. The van der Waals surface area contributed by atoms with Crippen LogP contribution in [0.4, 0.5) is 0 Å². The molecule has 1 amide bonds. The van der Waals surface area contributed by atoms with Gasteiger partial charge < -0.3 is 15.3 Å². The number of carbonyl (C=O) groups excluding carboxylic acids is 1. The minimum absolute atomic E-state index is 0.150. The van der Waals surface area contributed by atoms with Crippen molar-refractivity contribution in [3.05, 3.63) is 35.4 Å². The standard InChI is InChI=1S/C17H26N2O2/c1-13(2)18-12-17(21)8-5-9-19(16(17)20)11-15-7-4-6-14(3)10-15/h4,6-7,10,13,18,21H,5,8-9,11-12H2,1-3H3/t17-/m1/s1. The molecule has 2 rings (SSSR count). The van der Waals surface area contributed by atoms with Gasteiger partial charge in [-0.25, -0.2) is 0 Å². The summed E-state index contributed by atoms with van der Waals surface area (Å²) in [4.78, 5) is 14.4. The minimum atomic E-state index is -1.26. The Balaban J connectivity index is 2.05. The maximum Gasteiger partial charge on any atom is 0.256 e. The lowest BCUT2D eigenvalue weighted by molar-refractivity contribution is -0.157. The summed E-state index contributed by atoms with van der Waals surface area (Å²) < 4.78 is 0. The lowest BCUT2D eigenvalue weighted by Gasteiger charge is -2.38. The van der Waals surface area contributed by atoms with Gasteiger partial charge in [-0.05, 0) is 25.3 Å². The van der Waals surface area contributed by atoms with E-state index in [1.807, 2.05) is 39.0 Å². The van der Waals surface area contributed by atoms with Gasteiger partial charge in [-0.3, -0.25) is 4.79 Å². The van der Waals surface area contributed by atoms with E-state index in [4.69, 9.17) is 0 Å². The molecule has 0 aliphatic carbocycles. The maximum atomic E-state index is 12.6. The van der Waals surface area contributed by atoms with Gasteiger partial charge in [0, 0.05) is 25.7 Å². The predicted molar refractivity (Wildman–Crippen MR) is 83.9 cm³/mol. The van der Waals surface area contributed by atoms with Gasteiger partial charge >= 0.3 is 0 Å². The van der Waals surface area contributed by atoms with Crippen molar-refractivity contribution in [3.8, 4) is 0 Å². The molecule has 0 radical (unpaired) electrons. The summed E-state index contributed by atoms with van der Waals surface area (Å²) in [5.41, 5.74) is 1.05. The topological polar surface area (TPSA) is 52.6 Å². The van der Waals surface area contributed by atoms with E-state index in [-0.39, 0.29) is 11.9 Å². The Labute approximate surface area is 127 Å². The molecule has 1 aromatic carbocycles. The number of piperidine rings is 1. The first-order valence-corrected chi connectivity index (χ1v) is 7.71. The summed E-state index contributed by atoms with van der Waals surface area (Å²) in [5, 5.41) is 13.8. The highest BCUT2D eigenvalue weighted by atomic mass is 16.3. The van der Waals surface area contributed by atoms with Crippen molar-refractivity contribution in [1.29, 1.82) is 0 Å². The van der Waals surface area contributed by atoms with Gasteiger partial charge in [0.2, 0.25) is 0 Å². The second-order valence-electron chi connectivity index (χ2n) is 6.39. The Hall–Kier alpha value is -1.39. The molecule has 0 bridgehead atoms. The number of nitrogens with one attached hydrogen (secondary N) is 1. The molecule has 1 heterocycles. The smallest absolute Gasteiger partial charge is 0.256 e. The van der Waals surface area contributed by atoms with Crippen molar-refractivity contribution >= 4 is 5.91 Å². The molecule has 4 nitrogen and oxygen atoms in total. The number of nitrogens with zero attached hydrogens (tertiary/aromatic N) is 1. The third-order valence-corrected chi connectivity index (χ3v) is 3.96. The van der Waals surface area contributed by atoms with E-state index in [0.29, 0.717) is 19.5 Å². The first-order valence-electron chi connectivity index (χ1n) is 7.71. The number of carbonyl (C=O) groups is 1. The molecule has 1 aliphatic rings. The van der Waals surface area contributed by atoms with Crippen LogP contribution >= 0.6 is 0 Å². The van der Waals surface area contributed by atoms with E-state index < -0.39 is 5.60 Å². The van der Waals surface area contributed by atoms with Crippen molar-refractivity contribution < 1.29 is 9.90 Å².